The predicted octanol–water partition coefficient (Wildman–Crippen LogP) is 1.13. The molecule has 0 saturated heterocycles. The van der Waals surface area contributed by atoms with Crippen molar-refractivity contribution in [1.82, 2.24) is 5.32 Å². The molecule has 2 N–H and O–H groups in total. The molecule has 0 aliphatic heterocycles. The zero-order valence-corrected chi connectivity index (χ0v) is 11.8. The van der Waals surface area contributed by atoms with E-state index in [2.05, 4.69) is 5.32 Å². The minimum atomic E-state index is -0.996. The lowest BCUT2D eigenvalue weighted by Gasteiger charge is -2.28. The number of rotatable bonds is 8. The first kappa shape index (κ1) is 16.6. The number of hydrogen-bond donors (Lipinski definition) is 2. The molecule has 20 heavy (non-hydrogen) atoms. The molecule has 3 atom stereocenters. The molecule has 3 unspecified atom stereocenters. The van der Waals surface area contributed by atoms with Gasteiger partial charge in [0.1, 0.15) is 18.9 Å². The number of aliphatic carboxylic acids is 1. The second-order valence-corrected chi connectivity index (χ2v) is 5.17. The Morgan fingerprint density at radius 2 is 2.20 bits per heavy atom. The highest BCUT2D eigenvalue weighted by Gasteiger charge is 2.30. The van der Waals surface area contributed by atoms with Crippen LogP contribution in [-0.4, -0.2) is 42.0 Å². The van der Waals surface area contributed by atoms with E-state index in [1.807, 2.05) is 6.92 Å². The van der Waals surface area contributed by atoms with Crippen LogP contribution in [0.15, 0.2) is 0 Å². The number of carbonyl (C=O) groups is 3. The van der Waals surface area contributed by atoms with Crippen molar-refractivity contribution in [2.75, 3.05) is 6.61 Å². The van der Waals surface area contributed by atoms with Crippen molar-refractivity contribution >= 4 is 18.2 Å². The fourth-order valence-corrected chi connectivity index (χ4v) is 2.55. The second kappa shape index (κ2) is 8.68. The summed E-state index contributed by atoms with van der Waals surface area (Å²) in [5.41, 5.74) is 0. The van der Waals surface area contributed by atoms with E-state index in [1.165, 1.54) is 0 Å². The number of hydrogen-bond acceptors (Lipinski definition) is 4. The summed E-state index contributed by atoms with van der Waals surface area (Å²) in [6.45, 7) is 1.93. The largest absolute Gasteiger partial charge is 0.480 e. The van der Waals surface area contributed by atoms with Crippen molar-refractivity contribution in [2.24, 2.45) is 5.92 Å². The van der Waals surface area contributed by atoms with Crippen molar-refractivity contribution in [2.45, 2.75) is 57.6 Å². The lowest BCUT2D eigenvalue weighted by Crippen LogP contribution is -2.45. The summed E-state index contributed by atoms with van der Waals surface area (Å²) in [5, 5.41) is 11.6. The molecule has 1 amide bonds. The highest BCUT2D eigenvalue weighted by atomic mass is 16.5. The zero-order chi connectivity index (χ0) is 15.0. The van der Waals surface area contributed by atoms with Gasteiger partial charge in [-0.3, -0.25) is 4.79 Å². The van der Waals surface area contributed by atoms with Crippen molar-refractivity contribution < 1.29 is 24.2 Å². The van der Waals surface area contributed by atoms with E-state index in [-0.39, 0.29) is 24.5 Å². The molecular formula is C14H23NO5. The van der Waals surface area contributed by atoms with Crippen LogP contribution in [0.2, 0.25) is 0 Å². The van der Waals surface area contributed by atoms with Crippen LogP contribution < -0.4 is 5.32 Å². The van der Waals surface area contributed by atoms with Crippen molar-refractivity contribution in [3.05, 3.63) is 0 Å². The summed E-state index contributed by atoms with van der Waals surface area (Å²) in [6.07, 6.45) is 4.74. The molecule has 6 nitrogen and oxygen atoms in total. The lowest BCUT2D eigenvalue weighted by molar-refractivity contribution is -0.143. The molecule has 114 valence electrons. The van der Waals surface area contributed by atoms with Crippen molar-refractivity contribution in [1.29, 1.82) is 0 Å². The Labute approximate surface area is 118 Å². The molecular weight excluding hydrogens is 262 g/mol. The SMILES string of the molecule is CCCC(NC(=O)C1CCCC(OCC=O)C1)C(=O)O. The van der Waals surface area contributed by atoms with Gasteiger partial charge in [-0.15, -0.1) is 0 Å². The number of amides is 1. The Morgan fingerprint density at radius 3 is 2.80 bits per heavy atom. The molecule has 1 rings (SSSR count). The molecule has 1 aliphatic rings. The summed E-state index contributed by atoms with van der Waals surface area (Å²) in [4.78, 5) is 33.4. The van der Waals surface area contributed by atoms with Crippen LogP contribution in [0.25, 0.3) is 0 Å². The quantitative estimate of drug-likeness (QED) is 0.652. The number of carboxylic acid groups (broad SMARTS) is 1. The zero-order valence-electron chi connectivity index (χ0n) is 11.8. The van der Waals surface area contributed by atoms with Gasteiger partial charge in [-0.2, -0.15) is 0 Å². The van der Waals surface area contributed by atoms with Gasteiger partial charge in [0.15, 0.2) is 0 Å². The summed E-state index contributed by atoms with van der Waals surface area (Å²) >= 11 is 0. The van der Waals surface area contributed by atoms with E-state index < -0.39 is 12.0 Å². The summed E-state index contributed by atoms with van der Waals surface area (Å²) in [6, 6.07) is -0.816. The van der Waals surface area contributed by atoms with Gasteiger partial charge in [0.05, 0.1) is 6.10 Å². The maximum absolute atomic E-state index is 12.1. The molecule has 6 heteroatoms. The first-order valence-corrected chi connectivity index (χ1v) is 7.16. The third-order valence-corrected chi connectivity index (χ3v) is 3.59. The van der Waals surface area contributed by atoms with Crippen LogP contribution in [0.3, 0.4) is 0 Å². The van der Waals surface area contributed by atoms with Crippen molar-refractivity contribution in [3.8, 4) is 0 Å². The Kier molecular flexibility index (Phi) is 7.22. The Hall–Kier alpha value is -1.43. The summed E-state index contributed by atoms with van der Waals surface area (Å²) in [7, 11) is 0. The maximum Gasteiger partial charge on any atom is 0.326 e. The minimum absolute atomic E-state index is 0.0482. The van der Waals surface area contributed by atoms with Gasteiger partial charge in [-0.05, 0) is 25.7 Å². The van der Waals surface area contributed by atoms with Gasteiger partial charge in [-0.1, -0.05) is 19.8 Å². The van der Waals surface area contributed by atoms with Crippen LogP contribution in [0.4, 0.5) is 0 Å². The second-order valence-electron chi connectivity index (χ2n) is 5.17. The van der Waals surface area contributed by atoms with Gasteiger partial charge in [0, 0.05) is 5.92 Å². The molecule has 0 bridgehead atoms. The van der Waals surface area contributed by atoms with Crippen LogP contribution in [-0.2, 0) is 19.1 Å². The van der Waals surface area contributed by atoms with E-state index in [1.54, 1.807) is 0 Å². The smallest absolute Gasteiger partial charge is 0.326 e. The summed E-state index contributed by atoms with van der Waals surface area (Å²) in [5.74, 6) is -1.44. The van der Waals surface area contributed by atoms with Crippen LogP contribution in [0.1, 0.15) is 45.4 Å². The van der Waals surface area contributed by atoms with Crippen LogP contribution >= 0.6 is 0 Å². The van der Waals surface area contributed by atoms with Gasteiger partial charge in [-0.25, -0.2) is 4.79 Å². The molecule has 1 saturated carbocycles. The third kappa shape index (κ3) is 5.28. The Bertz CT molecular complexity index is 344. The van der Waals surface area contributed by atoms with Gasteiger partial charge in [0.2, 0.25) is 5.91 Å². The number of carbonyl (C=O) groups excluding carboxylic acids is 2. The van der Waals surface area contributed by atoms with Crippen LogP contribution in [0.5, 0.6) is 0 Å². The van der Waals surface area contributed by atoms with Gasteiger partial charge >= 0.3 is 5.97 Å². The van der Waals surface area contributed by atoms with E-state index in [0.29, 0.717) is 25.5 Å². The highest BCUT2D eigenvalue weighted by molar-refractivity contribution is 5.85. The molecule has 0 aromatic carbocycles. The Morgan fingerprint density at radius 1 is 1.45 bits per heavy atom. The van der Waals surface area contributed by atoms with E-state index in [9.17, 15) is 14.4 Å². The molecule has 0 radical (unpaired) electrons. The molecule has 0 aromatic heterocycles. The minimum Gasteiger partial charge on any atom is -0.480 e. The number of carboxylic acids is 1. The van der Waals surface area contributed by atoms with E-state index in [4.69, 9.17) is 9.84 Å². The lowest BCUT2D eigenvalue weighted by atomic mass is 9.86. The van der Waals surface area contributed by atoms with E-state index in [0.717, 1.165) is 19.3 Å². The van der Waals surface area contributed by atoms with Gasteiger partial charge < -0.3 is 20.0 Å². The van der Waals surface area contributed by atoms with E-state index >= 15 is 0 Å². The Balaban J connectivity index is 2.48. The molecule has 0 heterocycles. The average molecular weight is 285 g/mol. The average Bonchev–Trinajstić information content (AvgIpc) is 2.44. The number of ether oxygens (including phenoxy) is 1. The number of aldehydes is 1. The molecule has 0 aromatic rings. The first-order valence-electron chi connectivity index (χ1n) is 7.16. The standard InChI is InChI=1S/C14H23NO5/c1-2-4-12(14(18)19)15-13(17)10-5-3-6-11(9-10)20-8-7-16/h7,10-12H,2-6,8-9H2,1H3,(H,15,17)(H,18,19). The molecule has 1 aliphatic carbocycles. The molecule has 0 spiro atoms. The fraction of sp³-hybridized carbons (Fsp3) is 0.786. The summed E-state index contributed by atoms with van der Waals surface area (Å²) < 4.78 is 5.35. The number of nitrogens with one attached hydrogen (secondary N) is 1. The maximum atomic E-state index is 12.1. The van der Waals surface area contributed by atoms with Gasteiger partial charge in [0.25, 0.3) is 0 Å². The monoisotopic (exact) mass is 285 g/mol. The predicted molar refractivity (Wildman–Crippen MR) is 72.2 cm³/mol. The topological polar surface area (TPSA) is 92.7 Å². The first-order chi connectivity index (χ1) is 9.58. The fourth-order valence-electron chi connectivity index (χ4n) is 2.55. The van der Waals surface area contributed by atoms with Crippen molar-refractivity contribution in [3.63, 3.8) is 0 Å². The van der Waals surface area contributed by atoms with Crippen LogP contribution in [0, 0.1) is 5.92 Å². The normalized spacial score (nSPS) is 23.9. The third-order valence-electron chi connectivity index (χ3n) is 3.59. The highest BCUT2D eigenvalue weighted by Crippen LogP contribution is 2.26. The molecule has 1 fully saturated rings.